The number of benzene rings is 2. The van der Waals surface area contributed by atoms with Crippen molar-refractivity contribution in [2.75, 3.05) is 13.1 Å². The number of aliphatic imine (C=N–C) groups is 1. The van der Waals surface area contributed by atoms with Crippen LogP contribution in [0.4, 0.5) is 0 Å². The first-order chi connectivity index (χ1) is 17.8. The average molecular weight is 543 g/mol. The molecule has 0 bridgehead atoms. The molecule has 9 nitrogen and oxygen atoms in total. The van der Waals surface area contributed by atoms with Crippen LogP contribution in [0.5, 0.6) is 0 Å². The predicted molar refractivity (Wildman–Crippen MR) is 144 cm³/mol. The summed E-state index contributed by atoms with van der Waals surface area (Å²) in [5.74, 6) is -0.757. The van der Waals surface area contributed by atoms with Gasteiger partial charge in [0.15, 0.2) is 5.96 Å². The molecular weight excluding hydrogens is 512 g/mol. The van der Waals surface area contributed by atoms with E-state index in [0.717, 1.165) is 53.9 Å². The topological polar surface area (TPSA) is 137 Å². The largest absolute Gasteiger partial charge is 0.480 e. The Balaban J connectivity index is 1.31. The summed E-state index contributed by atoms with van der Waals surface area (Å²) in [4.78, 5) is 30.1. The second-order valence-electron chi connectivity index (χ2n) is 8.83. The maximum atomic E-state index is 13.1. The molecule has 1 aliphatic heterocycles. The lowest BCUT2D eigenvalue weighted by molar-refractivity contribution is -0.138. The molecule has 0 saturated heterocycles. The highest BCUT2D eigenvalue weighted by Crippen LogP contribution is 2.24. The number of hydrogen-bond donors (Lipinski definition) is 4. The standard InChI is InChI=1S/C26H30N4O5S2/c31-24(29-26-27-15-6-16-28-26)12-4-2-9-19-13-14-20(36-19)17-22(25(32)33)30-37(34,35)23-11-5-8-18-7-1-3-10-21(18)23/h1,3,5,7-8,10-11,13-14,22,30H,2,4,6,9,12,15-17H2,(H,32,33)(H2,27,28,29,31)/t22-/m0/s1. The van der Waals surface area contributed by atoms with Gasteiger partial charge in [-0.05, 0) is 49.3 Å². The molecule has 4 rings (SSSR count). The van der Waals surface area contributed by atoms with Crippen LogP contribution in [0, 0.1) is 0 Å². The zero-order valence-electron chi connectivity index (χ0n) is 20.3. The van der Waals surface area contributed by atoms with Crippen LogP contribution in [0.2, 0.25) is 0 Å². The number of carboxylic acid groups (broad SMARTS) is 1. The van der Waals surface area contributed by atoms with Crippen molar-refractivity contribution in [2.24, 2.45) is 4.99 Å². The van der Waals surface area contributed by atoms with Crippen molar-refractivity contribution in [3.8, 4) is 0 Å². The molecule has 2 aromatic carbocycles. The van der Waals surface area contributed by atoms with Gasteiger partial charge in [-0.1, -0.05) is 36.4 Å². The van der Waals surface area contributed by atoms with Crippen LogP contribution < -0.4 is 15.4 Å². The van der Waals surface area contributed by atoms with Crippen LogP contribution in [0.25, 0.3) is 10.8 Å². The van der Waals surface area contributed by atoms with E-state index >= 15 is 0 Å². The Hall–Kier alpha value is -3.28. The molecule has 1 amide bonds. The van der Waals surface area contributed by atoms with Crippen molar-refractivity contribution in [2.45, 2.75) is 49.5 Å². The molecule has 0 spiro atoms. The number of carbonyl (C=O) groups is 2. The number of hydrogen-bond acceptors (Lipinski definition) is 7. The lowest BCUT2D eigenvalue weighted by atomic mass is 10.1. The number of aryl methyl sites for hydroxylation is 1. The number of thiophene rings is 1. The van der Waals surface area contributed by atoms with Gasteiger partial charge in [0.25, 0.3) is 0 Å². The van der Waals surface area contributed by atoms with Crippen molar-refractivity contribution < 1.29 is 23.1 Å². The normalized spacial score (nSPS) is 14.5. The molecule has 11 heteroatoms. The van der Waals surface area contributed by atoms with Gasteiger partial charge < -0.3 is 10.4 Å². The number of carbonyl (C=O) groups excluding carboxylic acids is 1. The fourth-order valence-electron chi connectivity index (χ4n) is 4.12. The molecule has 0 fully saturated rings. The SMILES string of the molecule is O=C(CCCCc1ccc(C[C@H](NS(=O)(=O)c2cccc3ccccc23)C(=O)O)s1)NC1=NCCCN1. The summed E-state index contributed by atoms with van der Waals surface area (Å²) in [7, 11) is -4.06. The van der Waals surface area contributed by atoms with Crippen molar-refractivity contribution in [3.63, 3.8) is 0 Å². The predicted octanol–water partition coefficient (Wildman–Crippen LogP) is 3.05. The van der Waals surface area contributed by atoms with E-state index in [1.165, 1.54) is 17.4 Å². The van der Waals surface area contributed by atoms with Gasteiger partial charge in [0.2, 0.25) is 15.9 Å². The number of carboxylic acids is 1. The van der Waals surface area contributed by atoms with Gasteiger partial charge in [-0.15, -0.1) is 11.3 Å². The van der Waals surface area contributed by atoms with E-state index in [9.17, 15) is 23.1 Å². The minimum Gasteiger partial charge on any atom is -0.480 e. The molecule has 3 aromatic rings. The van der Waals surface area contributed by atoms with Crippen LogP contribution in [0.3, 0.4) is 0 Å². The molecule has 1 aliphatic rings. The van der Waals surface area contributed by atoms with Crippen LogP contribution in [-0.4, -0.2) is 50.5 Å². The molecule has 4 N–H and O–H groups in total. The van der Waals surface area contributed by atoms with Crippen molar-refractivity contribution in [1.82, 2.24) is 15.4 Å². The fourth-order valence-corrected chi connectivity index (χ4v) is 6.65. The number of sulfonamides is 1. The summed E-state index contributed by atoms with van der Waals surface area (Å²) in [6, 6.07) is 14.5. The Labute approximate surface area is 220 Å². The Morgan fingerprint density at radius 1 is 1.05 bits per heavy atom. The van der Waals surface area contributed by atoms with Crippen molar-refractivity contribution >= 4 is 50.0 Å². The highest BCUT2D eigenvalue weighted by atomic mass is 32.2. The van der Waals surface area contributed by atoms with Gasteiger partial charge in [0, 0.05) is 41.1 Å². The summed E-state index contributed by atoms with van der Waals surface area (Å²) in [6.07, 6.45) is 3.69. The number of nitrogens with one attached hydrogen (secondary N) is 3. The van der Waals surface area contributed by atoms with E-state index in [0.29, 0.717) is 17.8 Å². The van der Waals surface area contributed by atoms with Gasteiger partial charge in [0.1, 0.15) is 6.04 Å². The van der Waals surface area contributed by atoms with Gasteiger partial charge in [0.05, 0.1) is 4.90 Å². The minimum absolute atomic E-state index is 0.0432. The highest BCUT2D eigenvalue weighted by Gasteiger charge is 2.27. The molecule has 1 aromatic heterocycles. The number of unbranched alkanes of at least 4 members (excludes halogenated alkanes) is 1. The molecule has 0 unspecified atom stereocenters. The second kappa shape index (κ2) is 12.3. The van der Waals surface area contributed by atoms with E-state index < -0.39 is 22.0 Å². The highest BCUT2D eigenvalue weighted by molar-refractivity contribution is 7.89. The molecule has 2 heterocycles. The first kappa shape index (κ1) is 26.8. The van der Waals surface area contributed by atoms with Crippen molar-refractivity contribution in [1.29, 1.82) is 0 Å². The molecule has 1 atom stereocenters. The number of nitrogens with zero attached hydrogens (tertiary/aromatic N) is 1. The summed E-state index contributed by atoms with van der Waals surface area (Å²) in [5.41, 5.74) is 0. The minimum atomic E-state index is -4.06. The van der Waals surface area contributed by atoms with Gasteiger partial charge >= 0.3 is 5.97 Å². The van der Waals surface area contributed by atoms with Gasteiger partial charge in [-0.25, -0.2) is 8.42 Å². The third-order valence-electron chi connectivity index (χ3n) is 5.99. The molecule has 37 heavy (non-hydrogen) atoms. The maximum Gasteiger partial charge on any atom is 0.322 e. The summed E-state index contributed by atoms with van der Waals surface area (Å²) in [5, 5.41) is 16.9. The Morgan fingerprint density at radius 3 is 2.62 bits per heavy atom. The number of fused-ring (bicyclic) bond motifs is 1. The Morgan fingerprint density at radius 2 is 1.84 bits per heavy atom. The first-order valence-electron chi connectivity index (χ1n) is 12.2. The monoisotopic (exact) mass is 542 g/mol. The molecular formula is C26H30N4O5S2. The quantitative estimate of drug-likeness (QED) is 0.275. The van der Waals surface area contributed by atoms with E-state index in [-0.39, 0.29) is 17.2 Å². The second-order valence-corrected chi connectivity index (χ2v) is 11.8. The Kier molecular flexibility index (Phi) is 8.91. The third-order valence-corrected chi connectivity index (χ3v) is 8.69. The first-order valence-corrected chi connectivity index (χ1v) is 14.5. The molecule has 196 valence electrons. The number of amides is 1. The van der Waals surface area contributed by atoms with Crippen LogP contribution >= 0.6 is 11.3 Å². The molecule has 0 radical (unpaired) electrons. The molecule has 0 aliphatic carbocycles. The average Bonchev–Trinajstić information content (AvgIpc) is 3.33. The van der Waals surface area contributed by atoms with E-state index in [4.69, 9.17) is 0 Å². The van der Waals surface area contributed by atoms with Crippen LogP contribution in [0.15, 0.2) is 64.5 Å². The summed E-state index contributed by atoms with van der Waals surface area (Å²) >= 11 is 1.46. The lowest BCUT2D eigenvalue weighted by Crippen LogP contribution is -2.43. The van der Waals surface area contributed by atoms with E-state index in [1.807, 2.05) is 30.3 Å². The Bertz CT molecular complexity index is 1400. The van der Waals surface area contributed by atoms with Crippen molar-refractivity contribution in [3.05, 3.63) is 64.4 Å². The zero-order chi connectivity index (χ0) is 26.3. The number of rotatable bonds is 11. The van der Waals surface area contributed by atoms with Gasteiger partial charge in [-0.3, -0.25) is 19.9 Å². The number of aliphatic carboxylic acids is 1. The van der Waals surface area contributed by atoms with E-state index in [1.54, 1.807) is 18.2 Å². The smallest absolute Gasteiger partial charge is 0.322 e. The van der Waals surface area contributed by atoms with Crippen LogP contribution in [0.1, 0.15) is 35.4 Å². The lowest BCUT2D eigenvalue weighted by Gasteiger charge is -2.15. The third kappa shape index (κ3) is 7.37. The van der Waals surface area contributed by atoms with E-state index in [2.05, 4.69) is 20.3 Å². The fraction of sp³-hybridized carbons (Fsp3) is 0.346. The van der Waals surface area contributed by atoms with Crippen LogP contribution in [-0.2, 0) is 32.5 Å². The zero-order valence-corrected chi connectivity index (χ0v) is 21.9. The summed E-state index contributed by atoms with van der Waals surface area (Å²) in [6.45, 7) is 1.53. The number of guanidine groups is 1. The molecule has 0 saturated carbocycles. The van der Waals surface area contributed by atoms with Gasteiger partial charge in [-0.2, -0.15) is 4.72 Å². The summed E-state index contributed by atoms with van der Waals surface area (Å²) < 4.78 is 28.6. The maximum absolute atomic E-state index is 13.1.